The normalized spacial score (nSPS) is 14.8. The number of thiazole rings is 1. The Labute approximate surface area is 355 Å². The minimum absolute atomic E-state index is 0.00727. The largest absolute Gasteiger partial charge is 0.489 e. The first kappa shape index (κ1) is 47.4. The number of anilines is 1. The molecule has 0 radical (unpaired) electrons. The highest BCUT2D eigenvalue weighted by atomic mass is 32.2. The summed E-state index contributed by atoms with van der Waals surface area (Å²) in [5, 5.41) is 4.01. The molecule has 3 aromatic rings. The van der Waals surface area contributed by atoms with Gasteiger partial charge in [-0.3, -0.25) is 9.35 Å². The van der Waals surface area contributed by atoms with Crippen LogP contribution in [0.3, 0.4) is 0 Å². The van der Waals surface area contributed by atoms with Gasteiger partial charge in [-0.2, -0.15) is 36.5 Å². The van der Waals surface area contributed by atoms with Crippen LogP contribution in [0.1, 0.15) is 127 Å². The zero-order chi connectivity index (χ0) is 40.4. The Kier molecular flexibility index (Phi) is 23.5. The van der Waals surface area contributed by atoms with Crippen LogP contribution < -0.4 is 19.4 Å². The molecule has 0 saturated carbocycles. The van der Waals surface area contributed by atoms with Crippen LogP contribution in [0.5, 0.6) is 11.5 Å². The van der Waals surface area contributed by atoms with Gasteiger partial charge in [-0.15, -0.1) is 0 Å². The molecule has 1 aromatic heterocycles. The molecule has 0 spiro atoms. The van der Waals surface area contributed by atoms with Crippen molar-refractivity contribution in [3.63, 3.8) is 0 Å². The Balaban J connectivity index is 1.31. The van der Waals surface area contributed by atoms with Crippen LogP contribution in [-0.4, -0.2) is 74.1 Å². The quantitative estimate of drug-likeness (QED) is 0.0546. The number of benzene rings is 2. The summed E-state index contributed by atoms with van der Waals surface area (Å²) in [7, 11) is -4.10. The Morgan fingerprint density at radius 3 is 1.96 bits per heavy atom. The monoisotopic (exact) mass is 863 g/mol. The van der Waals surface area contributed by atoms with E-state index in [1.807, 2.05) is 72.1 Å². The number of rotatable bonds is 23. The zero-order valence-electron chi connectivity index (χ0n) is 34.2. The van der Waals surface area contributed by atoms with E-state index in [0.29, 0.717) is 37.6 Å². The highest BCUT2D eigenvalue weighted by molar-refractivity contribution is 7.99. The number of hydrogen-bond acceptors (Lipinski definition) is 9. The van der Waals surface area contributed by atoms with Gasteiger partial charge in [0.25, 0.3) is 15.1 Å². The lowest BCUT2D eigenvalue weighted by Gasteiger charge is -2.13. The van der Waals surface area contributed by atoms with Gasteiger partial charge in [0.1, 0.15) is 4.70 Å². The highest BCUT2D eigenvalue weighted by Crippen LogP contribution is 2.31. The number of amides is 1. The maximum absolute atomic E-state index is 12.9. The van der Waals surface area contributed by atoms with Crippen molar-refractivity contribution in [2.24, 2.45) is 0 Å². The average molecular weight is 864 g/mol. The van der Waals surface area contributed by atoms with Crippen LogP contribution in [-0.2, 0) is 26.2 Å². The Morgan fingerprint density at radius 2 is 1.33 bits per heavy atom. The molecule has 1 amide bonds. The molecule has 0 atom stereocenters. The fraction of sp³-hybridized carbons (Fsp3) is 0.636. The van der Waals surface area contributed by atoms with Crippen molar-refractivity contribution in [3.8, 4) is 11.5 Å². The van der Waals surface area contributed by atoms with E-state index in [-0.39, 0.29) is 18.1 Å². The van der Waals surface area contributed by atoms with Crippen molar-refractivity contribution in [1.29, 1.82) is 0 Å². The molecule has 13 heteroatoms. The maximum atomic E-state index is 12.9. The smallest absolute Gasteiger partial charge is 0.265 e. The van der Waals surface area contributed by atoms with E-state index in [9.17, 15) is 17.8 Å². The lowest BCUT2D eigenvalue weighted by atomic mass is 10.0. The summed E-state index contributed by atoms with van der Waals surface area (Å²) >= 11 is 5.21. The Morgan fingerprint density at radius 1 is 0.737 bits per heavy atom. The first-order valence-electron chi connectivity index (χ1n) is 21.3. The number of aromatic nitrogens is 1. The summed E-state index contributed by atoms with van der Waals surface area (Å²) in [6, 6.07) is 11.8. The summed E-state index contributed by atoms with van der Waals surface area (Å²) < 4.78 is 53.7. The van der Waals surface area contributed by atoms with Gasteiger partial charge in [0, 0.05) is 53.7 Å². The zero-order valence-corrected chi connectivity index (χ0v) is 37.5. The van der Waals surface area contributed by atoms with Crippen molar-refractivity contribution in [2.45, 2.75) is 123 Å². The predicted octanol–water partition coefficient (Wildman–Crippen LogP) is 11.1. The predicted molar refractivity (Wildman–Crippen MR) is 243 cm³/mol. The summed E-state index contributed by atoms with van der Waals surface area (Å²) in [5.41, 5.74) is 2.56. The molecule has 0 unspecified atom stereocenters. The third-order valence-electron chi connectivity index (χ3n) is 9.91. The van der Waals surface area contributed by atoms with Gasteiger partial charge in [-0.1, -0.05) is 114 Å². The molecule has 318 valence electrons. The third-order valence-corrected chi connectivity index (χ3v) is 13.7. The van der Waals surface area contributed by atoms with Crippen molar-refractivity contribution in [1.82, 2.24) is 0 Å². The first-order valence-corrected chi connectivity index (χ1v) is 26.1. The summed E-state index contributed by atoms with van der Waals surface area (Å²) in [4.78, 5) is 12.9. The van der Waals surface area contributed by atoms with Crippen LogP contribution >= 0.6 is 34.9 Å². The van der Waals surface area contributed by atoms with Crippen LogP contribution in [0.15, 0.2) is 36.4 Å². The summed E-state index contributed by atoms with van der Waals surface area (Å²) in [6.45, 7) is 5.30. The number of aryl methyl sites for hydroxylation is 1. The van der Waals surface area contributed by atoms with E-state index in [2.05, 4.69) is 16.8 Å². The van der Waals surface area contributed by atoms with Crippen LogP contribution in [0.4, 0.5) is 5.69 Å². The van der Waals surface area contributed by atoms with Crippen molar-refractivity contribution in [2.75, 3.05) is 60.5 Å². The van der Waals surface area contributed by atoms with Crippen LogP contribution in [0, 0.1) is 0 Å². The molecular weight excluding hydrogens is 797 g/mol. The summed E-state index contributed by atoms with van der Waals surface area (Å²) in [5.74, 6) is 4.71. The Bertz CT molecular complexity index is 1730. The number of thioether (sulfide) groups is 2. The number of carbonyl (C=O) groups excluding carboxylic acids is 1. The molecule has 2 N–H and O–H groups in total. The molecule has 1 aliphatic heterocycles. The molecule has 0 fully saturated rings. The van der Waals surface area contributed by atoms with E-state index in [1.54, 1.807) is 11.3 Å². The minimum atomic E-state index is -4.10. The molecule has 2 heterocycles. The molecule has 1 aliphatic rings. The van der Waals surface area contributed by atoms with E-state index < -0.39 is 10.1 Å². The van der Waals surface area contributed by atoms with Crippen molar-refractivity contribution < 1.29 is 36.5 Å². The van der Waals surface area contributed by atoms with Gasteiger partial charge in [-0.05, 0) is 42.3 Å². The van der Waals surface area contributed by atoms with Gasteiger partial charge < -0.3 is 19.5 Å². The molecular formula is C44H67N2O7S4+. The molecule has 4 rings (SSSR count). The standard InChI is InChI=1S/C44H66N2O7S4/c1-2-3-4-5-6-7-8-9-10-11-12-13-14-15-16-18-43(47)45-38-21-23-42-39(36-38)46(25-17-34-57(48,49)50)44(56-42)24-20-37-19-22-40-41(35-37)53-29-33-55-31-27-51-26-30-54-32-28-52-40/h19-24,35-36H,2-18,25-34H2,1H3,(H-,45,47,48,49,50)/p+1/b24-20+. The average Bonchev–Trinajstić information content (AvgIpc) is 3.52. The van der Waals surface area contributed by atoms with Gasteiger partial charge in [0.15, 0.2) is 18.0 Å². The molecule has 0 saturated heterocycles. The number of nitrogens with zero attached hydrogens (tertiary/aromatic N) is 1. The van der Waals surface area contributed by atoms with E-state index >= 15 is 0 Å². The van der Waals surface area contributed by atoms with Gasteiger partial charge in [0.05, 0.1) is 32.2 Å². The molecule has 57 heavy (non-hydrogen) atoms. The summed E-state index contributed by atoms with van der Waals surface area (Å²) in [6.07, 6.45) is 24.1. The number of carbonyl (C=O) groups is 1. The maximum Gasteiger partial charge on any atom is 0.265 e. The van der Waals surface area contributed by atoms with E-state index in [4.69, 9.17) is 14.2 Å². The number of hydrogen-bond donors (Lipinski definition) is 2. The number of nitrogens with one attached hydrogen (secondary N) is 1. The van der Waals surface area contributed by atoms with Crippen LogP contribution in [0.2, 0.25) is 0 Å². The number of fused-ring (bicyclic) bond motifs is 2. The van der Waals surface area contributed by atoms with E-state index in [1.165, 1.54) is 83.5 Å². The number of ether oxygens (including phenoxy) is 3. The van der Waals surface area contributed by atoms with Gasteiger partial charge in [0.2, 0.25) is 11.4 Å². The molecule has 9 nitrogen and oxygen atoms in total. The second kappa shape index (κ2) is 28.2. The van der Waals surface area contributed by atoms with Gasteiger partial charge in [-0.25, -0.2) is 0 Å². The van der Waals surface area contributed by atoms with Gasteiger partial charge >= 0.3 is 0 Å². The molecule has 0 bridgehead atoms. The topological polar surface area (TPSA) is 115 Å². The number of unbranched alkanes of at least 4 members (excludes halogenated alkanes) is 14. The Hall–Kier alpha value is -2.29. The molecule has 2 aromatic carbocycles. The fourth-order valence-corrected chi connectivity index (χ4v) is 9.66. The lowest BCUT2D eigenvalue weighted by Crippen LogP contribution is -2.36. The van der Waals surface area contributed by atoms with Crippen molar-refractivity contribution in [3.05, 3.63) is 47.0 Å². The fourth-order valence-electron chi connectivity index (χ4n) is 6.81. The SMILES string of the molecule is CCCCCCCCCCCCCCCCCC(=O)Nc1ccc2sc(/C=C/c3ccc4c(c3)OCCSCCOCCSCCO4)[n+](CCCS(=O)(=O)O)c2c1. The lowest BCUT2D eigenvalue weighted by molar-refractivity contribution is -0.668. The van der Waals surface area contributed by atoms with Crippen molar-refractivity contribution >= 4 is 78.9 Å². The second-order valence-corrected chi connectivity index (χ2v) is 19.8. The van der Waals surface area contributed by atoms with Crippen LogP contribution in [0.25, 0.3) is 22.4 Å². The molecule has 0 aliphatic carbocycles. The minimum Gasteiger partial charge on any atom is -0.489 e. The first-order chi connectivity index (χ1) is 27.8. The third kappa shape index (κ3) is 20.0. The van der Waals surface area contributed by atoms with E-state index in [0.717, 1.165) is 75.6 Å². The second-order valence-electron chi connectivity index (χ2n) is 14.7. The highest BCUT2D eigenvalue weighted by Gasteiger charge is 2.21.